The van der Waals surface area contributed by atoms with E-state index in [0.29, 0.717) is 6.42 Å². The maximum absolute atomic E-state index is 12.7. The highest BCUT2D eigenvalue weighted by Crippen LogP contribution is 2.40. The van der Waals surface area contributed by atoms with Crippen LogP contribution in [-0.2, 0) is 9.53 Å². The monoisotopic (exact) mass is 320 g/mol. The molecule has 122 valence electrons. The van der Waals surface area contributed by atoms with Crippen LogP contribution in [0.3, 0.4) is 0 Å². The minimum atomic E-state index is -4.18. The molecule has 7 heteroatoms. The topological polar surface area (TPSA) is 38.8 Å². The summed E-state index contributed by atoms with van der Waals surface area (Å²) in [6.07, 6.45) is -3.34. The predicted octanol–water partition coefficient (Wildman–Crippen LogP) is 3.77. The van der Waals surface area contributed by atoms with Crippen molar-refractivity contribution in [3.8, 4) is 5.75 Å². The fraction of sp³-hybridized carbons (Fsp3) is 0.533. The molecular formula is C15H16F4O3. The number of halogens is 4. The van der Waals surface area contributed by atoms with Crippen LogP contribution in [0, 0.1) is 0 Å². The summed E-state index contributed by atoms with van der Waals surface area (Å²) in [5, 5.41) is 0. The second-order valence-electron chi connectivity index (χ2n) is 5.11. The molecular weight excluding hydrogens is 304 g/mol. The predicted molar refractivity (Wildman–Crippen MR) is 70.4 cm³/mol. The number of ketones is 1. The van der Waals surface area contributed by atoms with E-state index in [1.54, 1.807) is 12.1 Å². The van der Waals surface area contributed by atoms with Crippen molar-refractivity contribution >= 4 is 5.78 Å². The van der Waals surface area contributed by atoms with Gasteiger partial charge in [0.25, 0.3) is 0 Å². The Bertz CT molecular complexity index is 516. The molecule has 0 aliphatic carbocycles. The molecule has 0 unspecified atom stereocenters. The first-order valence-electron chi connectivity index (χ1n) is 6.92. The van der Waals surface area contributed by atoms with Crippen molar-refractivity contribution in [2.75, 3.05) is 6.61 Å². The largest absolute Gasteiger partial charge is 0.487 e. The highest BCUT2D eigenvalue weighted by Gasteiger charge is 2.45. The van der Waals surface area contributed by atoms with Crippen molar-refractivity contribution in [3.63, 3.8) is 0 Å². The van der Waals surface area contributed by atoms with Gasteiger partial charge in [-0.3, -0.25) is 4.79 Å². The lowest BCUT2D eigenvalue weighted by Crippen LogP contribution is -2.33. The zero-order chi connectivity index (χ0) is 16.3. The molecule has 2 rings (SSSR count). The quantitative estimate of drug-likeness (QED) is 0.540. The van der Waals surface area contributed by atoms with E-state index in [0.717, 1.165) is 12.0 Å². The molecule has 0 amide bonds. The van der Waals surface area contributed by atoms with Crippen LogP contribution in [0.5, 0.6) is 5.75 Å². The molecule has 1 saturated heterocycles. The first-order valence-corrected chi connectivity index (χ1v) is 6.92. The Balaban J connectivity index is 1.88. The normalized spacial score (nSPS) is 21.0. The first kappa shape index (κ1) is 16.7. The van der Waals surface area contributed by atoms with Crippen molar-refractivity contribution in [1.82, 2.24) is 0 Å². The number of benzene rings is 1. The molecule has 0 aromatic heterocycles. The van der Waals surface area contributed by atoms with Gasteiger partial charge in [0, 0.05) is 6.42 Å². The number of ether oxygens (including phenoxy) is 2. The Morgan fingerprint density at radius 3 is 2.50 bits per heavy atom. The third-order valence-corrected chi connectivity index (χ3v) is 3.26. The van der Waals surface area contributed by atoms with Crippen molar-refractivity contribution in [1.29, 1.82) is 0 Å². The summed E-state index contributed by atoms with van der Waals surface area (Å²) < 4.78 is 59.4. The molecule has 0 spiro atoms. The van der Waals surface area contributed by atoms with Gasteiger partial charge in [-0.1, -0.05) is 19.1 Å². The summed E-state index contributed by atoms with van der Waals surface area (Å²) in [5.41, 5.74) is 0.724. The fourth-order valence-corrected chi connectivity index (χ4v) is 2.00. The molecule has 0 N–H and O–H groups in total. The number of carbonyl (C=O) groups excluding carboxylic acids is 1. The van der Waals surface area contributed by atoms with Crippen LogP contribution in [-0.4, -0.2) is 30.8 Å². The van der Waals surface area contributed by atoms with Gasteiger partial charge in [0.05, 0.1) is 0 Å². The summed E-state index contributed by atoms with van der Waals surface area (Å²) in [7, 11) is 0. The molecule has 3 nitrogen and oxygen atoms in total. The minimum Gasteiger partial charge on any atom is -0.487 e. The van der Waals surface area contributed by atoms with Gasteiger partial charge < -0.3 is 9.47 Å². The number of epoxide rings is 1. The Labute approximate surface area is 125 Å². The maximum Gasteiger partial charge on any atom is 0.340 e. The zero-order valence-electron chi connectivity index (χ0n) is 11.9. The standard InChI is InChI=1S/C15H16F4O3/c1-2-3-11(20)13-12(22-13)9-4-6-10(7-5-9)21-8-15(18,19)14(16)17/h4-7,12-14H,2-3,8H2,1H3/t12-,13-/m0/s1. The molecule has 1 aromatic rings. The third-order valence-electron chi connectivity index (χ3n) is 3.26. The van der Waals surface area contributed by atoms with Gasteiger partial charge >= 0.3 is 12.3 Å². The van der Waals surface area contributed by atoms with Crippen molar-refractivity contribution in [2.24, 2.45) is 0 Å². The summed E-state index contributed by atoms with van der Waals surface area (Å²) in [5.74, 6) is -4.10. The highest BCUT2D eigenvalue weighted by molar-refractivity contribution is 5.86. The van der Waals surface area contributed by atoms with Crippen molar-refractivity contribution in [3.05, 3.63) is 29.8 Å². The molecule has 1 fully saturated rings. The van der Waals surface area contributed by atoms with E-state index in [1.807, 2.05) is 6.92 Å². The Kier molecular flexibility index (Phi) is 5.05. The average molecular weight is 320 g/mol. The van der Waals surface area contributed by atoms with Crippen LogP contribution in [0.1, 0.15) is 31.4 Å². The lowest BCUT2D eigenvalue weighted by Gasteiger charge is -2.15. The van der Waals surface area contributed by atoms with E-state index in [1.165, 1.54) is 12.1 Å². The van der Waals surface area contributed by atoms with E-state index < -0.39 is 25.1 Å². The Hall–Kier alpha value is -1.63. The minimum absolute atomic E-state index is 0.0319. The van der Waals surface area contributed by atoms with E-state index in [4.69, 9.17) is 4.74 Å². The van der Waals surface area contributed by atoms with Gasteiger partial charge in [-0.15, -0.1) is 0 Å². The van der Waals surface area contributed by atoms with Crippen LogP contribution in [0.25, 0.3) is 0 Å². The van der Waals surface area contributed by atoms with Crippen LogP contribution in [0.4, 0.5) is 17.6 Å². The summed E-state index contributed by atoms with van der Waals surface area (Å²) in [6, 6.07) is 5.92. The van der Waals surface area contributed by atoms with Crippen LogP contribution < -0.4 is 4.74 Å². The molecule has 0 bridgehead atoms. The fourth-order valence-electron chi connectivity index (χ4n) is 2.00. The zero-order valence-corrected chi connectivity index (χ0v) is 11.9. The van der Waals surface area contributed by atoms with Gasteiger partial charge in [0.2, 0.25) is 0 Å². The lowest BCUT2D eigenvalue weighted by atomic mass is 10.1. The summed E-state index contributed by atoms with van der Waals surface area (Å²) in [6.45, 7) is 0.512. The van der Waals surface area contributed by atoms with E-state index in [9.17, 15) is 22.4 Å². The number of alkyl halides is 4. The van der Waals surface area contributed by atoms with Crippen LogP contribution in [0.15, 0.2) is 24.3 Å². The van der Waals surface area contributed by atoms with E-state index >= 15 is 0 Å². The lowest BCUT2D eigenvalue weighted by molar-refractivity contribution is -0.148. The second kappa shape index (κ2) is 6.64. The molecule has 1 aliphatic heterocycles. The van der Waals surface area contributed by atoms with E-state index in [-0.39, 0.29) is 17.6 Å². The van der Waals surface area contributed by atoms with Gasteiger partial charge in [-0.25, -0.2) is 8.78 Å². The Morgan fingerprint density at radius 2 is 1.95 bits per heavy atom. The third kappa shape index (κ3) is 3.97. The van der Waals surface area contributed by atoms with Crippen LogP contribution >= 0.6 is 0 Å². The molecule has 1 heterocycles. The van der Waals surface area contributed by atoms with Crippen LogP contribution in [0.2, 0.25) is 0 Å². The first-order chi connectivity index (χ1) is 10.3. The molecule has 0 radical (unpaired) electrons. The van der Waals surface area contributed by atoms with Crippen molar-refractivity contribution < 1.29 is 31.8 Å². The molecule has 1 aliphatic rings. The second-order valence-corrected chi connectivity index (χ2v) is 5.11. The van der Waals surface area contributed by atoms with Gasteiger partial charge in [-0.2, -0.15) is 8.78 Å². The molecule has 1 aromatic carbocycles. The number of rotatable bonds is 8. The van der Waals surface area contributed by atoms with Gasteiger partial charge in [-0.05, 0) is 24.1 Å². The number of hydrogen-bond donors (Lipinski definition) is 0. The number of hydrogen-bond acceptors (Lipinski definition) is 3. The van der Waals surface area contributed by atoms with Crippen molar-refractivity contribution in [2.45, 2.75) is 44.3 Å². The summed E-state index contributed by atoms with van der Waals surface area (Å²) >= 11 is 0. The van der Waals surface area contributed by atoms with Gasteiger partial charge in [0.1, 0.15) is 18.0 Å². The number of carbonyl (C=O) groups is 1. The molecule has 0 saturated carbocycles. The highest BCUT2D eigenvalue weighted by atomic mass is 19.3. The smallest absolute Gasteiger partial charge is 0.340 e. The SMILES string of the molecule is CCCC(=O)[C@@H]1O[C@H]1c1ccc(OCC(F)(F)C(F)F)cc1. The molecule has 2 atom stereocenters. The van der Waals surface area contributed by atoms with Gasteiger partial charge in [0.15, 0.2) is 12.4 Å². The van der Waals surface area contributed by atoms with E-state index in [2.05, 4.69) is 4.74 Å². The molecule has 22 heavy (non-hydrogen) atoms. The Morgan fingerprint density at radius 1 is 1.32 bits per heavy atom. The average Bonchev–Trinajstić information content (AvgIpc) is 3.26. The number of Topliss-reactive ketones (excluding diaryl/α,β-unsaturated/α-hetero) is 1. The maximum atomic E-state index is 12.7. The summed E-state index contributed by atoms with van der Waals surface area (Å²) in [4.78, 5) is 11.6.